The van der Waals surface area contributed by atoms with E-state index in [9.17, 15) is 14.9 Å². The summed E-state index contributed by atoms with van der Waals surface area (Å²) in [5.41, 5.74) is 3.50. The van der Waals surface area contributed by atoms with Crippen LogP contribution in [0.5, 0.6) is 0 Å². The Hall–Kier alpha value is -3.13. The van der Waals surface area contributed by atoms with Crippen molar-refractivity contribution in [3.63, 3.8) is 0 Å². The fourth-order valence-electron chi connectivity index (χ4n) is 2.50. The highest BCUT2D eigenvalue weighted by Crippen LogP contribution is 2.23. The molecule has 3 aromatic rings. The lowest BCUT2D eigenvalue weighted by atomic mass is 10.0. The van der Waals surface area contributed by atoms with Crippen LogP contribution in [0.3, 0.4) is 0 Å². The van der Waals surface area contributed by atoms with E-state index in [0.717, 1.165) is 16.0 Å². The molecule has 0 atom stereocenters. The summed E-state index contributed by atoms with van der Waals surface area (Å²) in [6, 6.07) is 13.9. The van der Waals surface area contributed by atoms with E-state index in [1.54, 1.807) is 18.2 Å². The van der Waals surface area contributed by atoms with Crippen LogP contribution in [0.2, 0.25) is 0 Å². The molecule has 0 aliphatic heterocycles. The standard InChI is InChI=1S/C20H19N3O4S/c1-13-3-4-15(11-14(13)2)19-12-18(22-27-19)20(24)21-9-10-28-17-7-5-16(6-8-17)23(25)26/h3-8,11-12H,9-10H2,1-2H3,(H,21,24). The third-order valence-electron chi connectivity index (χ3n) is 4.24. The number of hydrogen-bond acceptors (Lipinski definition) is 6. The number of carbonyl (C=O) groups is 1. The van der Waals surface area contributed by atoms with E-state index in [4.69, 9.17) is 4.52 Å². The Morgan fingerprint density at radius 3 is 2.57 bits per heavy atom. The van der Waals surface area contributed by atoms with Gasteiger partial charge in [0.2, 0.25) is 0 Å². The molecule has 0 saturated carbocycles. The fraction of sp³-hybridized carbons (Fsp3) is 0.200. The molecule has 0 aliphatic rings. The first-order chi connectivity index (χ1) is 13.4. The normalized spacial score (nSPS) is 10.6. The van der Waals surface area contributed by atoms with Gasteiger partial charge in [-0.3, -0.25) is 14.9 Å². The van der Waals surface area contributed by atoms with Crippen LogP contribution in [0.1, 0.15) is 21.6 Å². The van der Waals surface area contributed by atoms with Crippen LogP contribution < -0.4 is 5.32 Å². The van der Waals surface area contributed by atoms with Crippen LogP contribution >= 0.6 is 11.8 Å². The fourth-order valence-corrected chi connectivity index (χ4v) is 3.27. The van der Waals surface area contributed by atoms with E-state index < -0.39 is 4.92 Å². The molecule has 2 aromatic carbocycles. The molecule has 1 N–H and O–H groups in total. The van der Waals surface area contributed by atoms with Crippen molar-refractivity contribution in [2.45, 2.75) is 18.7 Å². The summed E-state index contributed by atoms with van der Waals surface area (Å²) in [6.45, 7) is 4.49. The minimum absolute atomic E-state index is 0.0586. The van der Waals surface area contributed by atoms with Gasteiger partial charge in [-0.15, -0.1) is 11.8 Å². The zero-order valence-electron chi connectivity index (χ0n) is 15.5. The van der Waals surface area contributed by atoms with Crippen LogP contribution in [-0.2, 0) is 0 Å². The lowest BCUT2D eigenvalue weighted by Crippen LogP contribution is -2.25. The van der Waals surface area contributed by atoms with Crippen molar-refractivity contribution in [2.75, 3.05) is 12.3 Å². The Balaban J connectivity index is 1.50. The lowest BCUT2D eigenvalue weighted by Gasteiger charge is -2.03. The third-order valence-corrected chi connectivity index (χ3v) is 5.25. The number of non-ortho nitro benzene ring substituents is 1. The number of benzene rings is 2. The van der Waals surface area contributed by atoms with Gasteiger partial charge >= 0.3 is 0 Å². The summed E-state index contributed by atoms with van der Waals surface area (Å²) in [5, 5.41) is 17.3. The SMILES string of the molecule is Cc1ccc(-c2cc(C(=O)NCCSc3ccc([N+](=O)[O-])cc3)no2)cc1C. The van der Waals surface area contributed by atoms with Gasteiger partial charge in [0, 0.05) is 41.0 Å². The van der Waals surface area contributed by atoms with Crippen molar-refractivity contribution in [2.24, 2.45) is 0 Å². The van der Waals surface area contributed by atoms with Gasteiger partial charge in [0.1, 0.15) is 0 Å². The van der Waals surface area contributed by atoms with E-state index in [1.165, 1.54) is 29.5 Å². The number of rotatable bonds is 7. The molecule has 0 unspecified atom stereocenters. The number of carbonyl (C=O) groups excluding carboxylic acids is 1. The minimum atomic E-state index is -0.432. The average Bonchev–Trinajstić information content (AvgIpc) is 3.18. The van der Waals surface area contributed by atoms with Crippen molar-refractivity contribution < 1.29 is 14.2 Å². The van der Waals surface area contributed by atoms with E-state index in [0.29, 0.717) is 18.1 Å². The molecule has 7 nitrogen and oxygen atoms in total. The Bertz CT molecular complexity index is 999. The maximum Gasteiger partial charge on any atom is 0.273 e. The molecule has 0 aliphatic carbocycles. The summed E-state index contributed by atoms with van der Waals surface area (Å²) < 4.78 is 5.30. The van der Waals surface area contributed by atoms with Crippen LogP contribution in [0.4, 0.5) is 5.69 Å². The highest BCUT2D eigenvalue weighted by molar-refractivity contribution is 7.99. The molecule has 144 valence electrons. The molecular formula is C20H19N3O4S. The maximum atomic E-state index is 12.2. The zero-order chi connectivity index (χ0) is 20.1. The van der Waals surface area contributed by atoms with Gasteiger partial charge in [0.15, 0.2) is 11.5 Å². The molecular weight excluding hydrogens is 378 g/mol. The second kappa shape index (κ2) is 8.71. The van der Waals surface area contributed by atoms with Crippen molar-refractivity contribution in [3.05, 3.63) is 75.5 Å². The summed E-state index contributed by atoms with van der Waals surface area (Å²) in [6.07, 6.45) is 0. The second-order valence-electron chi connectivity index (χ2n) is 6.23. The number of aryl methyl sites for hydroxylation is 2. The monoisotopic (exact) mass is 397 g/mol. The first-order valence-corrected chi connectivity index (χ1v) is 9.62. The Labute approximate surface area is 166 Å². The van der Waals surface area contributed by atoms with E-state index in [-0.39, 0.29) is 17.3 Å². The number of amides is 1. The topological polar surface area (TPSA) is 98.3 Å². The van der Waals surface area contributed by atoms with E-state index in [1.807, 2.05) is 32.0 Å². The molecule has 0 radical (unpaired) electrons. The maximum absolute atomic E-state index is 12.2. The number of aromatic nitrogens is 1. The molecule has 1 heterocycles. The largest absolute Gasteiger partial charge is 0.355 e. The Morgan fingerprint density at radius 2 is 1.89 bits per heavy atom. The van der Waals surface area contributed by atoms with Gasteiger partial charge in [-0.05, 0) is 43.2 Å². The lowest BCUT2D eigenvalue weighted by molar-refractivity contribution is -0.384. The summed E-state index contributed by atoms with van der Waals surface area (Å²) >= 11 is 1.50. The van der Waals surface area contributed by atoms with Crippen LogP contribution in [0.15, 0.2) is 57.9 Å². The van der Waals surface area contributed by atoms with Gasteiger partial charge in [0.25, 0.3) is 11.6 Å². The first kappa shape index (κ1) is 19.6. The quantitative estimate of drug-likeness (QED) is 0.275. The number of nitro benzene ring substituents is 1. The molecule has 8 heteroatoms. The number of nitrogens with one attached hydrogen (secondary N) is 1. The van der Waals surface area contributed by atoms with Gasteiger partial charge in [0.05, 0.1) is 4.92 Å². The van der Waals surface area contributed by atoms with Crippen molar-refractivity contribution >= 4 is 23.4 Å². The van der Waals surface area contributed by atoms with Crippen LogP contribution in [0.25, 0.3) is 11.3 Å². The zero-order valence-corrected chi connectivity index (χ0v) is 16.3. The first-order valence-electron chi connectivity index (χ1n) is 8.64. The number of nitro groups is 1. The molecule has 1 amide bonds. The van der Waals surface area contributed by atoms with Gasteiger partial charge in [-0.2, -0.15) is 0 Å². The summed E-state index contributed by atoms with van der Waals surface area (Å²) in [5.74, 6) is 0.877. The Morgan fingerprint density at radius 1 is 1.14 bits per heavy atom. The van der Waals surface area contributed by atoms with Gasteiger partial charge in [-0.1, -0.05) is 17.3 Å². The summed E-state index contributed by atoms with van der Waals surface area (Å²) in [7, 11) is 0. The molecule has 0 saturated heterocycles. The molecule has 1 aromatic heterocycles. The molecule has 0 bridgehead atoms. The van der Waals surface area contributed by atoms with Crippen LogP contribution in [0, 0.1) is 24.0 Å². The molecule has 0 fully saturated rings. The highest BCUT2D eigenvalue weighted by atomic mass is 32.2. The van der Waals surface area contributed by atoms with E-state index in [2.05, 4.69) is 10.5 Å². The second-order valence-corrected chi connectivity index (χ2v) is 7.40. The predicted molar refractivity (Wildman–Crippen MR) is 108 cm³/mol. The third kappa shape index (κ3) is 4.77. The summed E-state index contributed by atoms with van der Waals surface area (Å²) in [4.78, 5) is 23.3. The van der Waals surface area contributed by atoms with Gasteiger partial charge in [-0.25, -0.2) is 0 Å². The molecule has 3 rings (SSSR count). The van der Waals surface area contributed by atoms with Crippen molar-refractivity contribution in [1.29, 1.82) is 0 Å². The molecule has 28 heavy (non-hydrogen) atoms. The van der Waals surface area contributed by atoms with E-state index >= 15 is 0 Å². The predicted octanol–water partition coefficient (Wildman–Crippen LogP) is 4.39. The van der Waals surface area contributed by atoms with Gasteiger partial charge < -0.3 is 9.84 Å². The van der Waals surface area contributed by atoms with Crippen LogP contribution in [-0.4, -0.2) is 28.3 Å². The smallest absolute Gasteiger partial charge is 0.273 e. The minimum Gasteiger partial charge on any atom is -0.355 e. The molecule has 0 spiro atoms. The van der Waals surface area contributed by atoms with Crippen molar-refractivity contribution in [1.82, 2.24) is 10.5 Å². The van der Waals surface area contributed by atoms with Crippen molar-refractivity contribution in [3.8, 4) is 11.3 Å². The highest BCUT2D eigenvalue weighted by Gasteiger charge is 2.14. The average molecular weight is 397 g/mol. The Kier molecular flexibility index (Phi) is 6.10. The number of thioether (sulfide) groups is 1. The number of nitrogens with zero attached hydrogens (tertiary/aromatic N) is 2. The number of hydrogen-bond donors (Lipinski definition) is 1.